The van der Waals surface area contributed by atoms with Crippen LogP contribution in [-0.4, -0.2) is 22.2 Å². The Kier molecular flexibility index (Phi) is 5.02. The van der Waals surface area contributed by atoms with Crippen LogP contribution >= 0.6 is 23.8 Å². The quantitative estimate of drug-likeness (QED) is 0.593. The average molecular weight is 299 g/mol. The topological polar surface area (TPSA) is 58.3 Å². The van der Waals surface area contributed by atoms with Gasteiger partial charge in [0.2, 0.25) is 0 Å². The van der Waals surface area contributed by atoms with Crippen LogP contribution in [0.25, 0.3) is 0 Å². The third-order valence-electron chi connectivity index (χ3n) is 3.57. The summed E-state index contributed by atoms with van der Waals surface area (Å²) in [6.45, 7) is 0. The van der Waals surface area contributed by atoms with Crippen molar-refractivity contribution in [1.29, 1.82) is 0 Å². The molecule has 0 heterocycles. The molecule has 0 radical (unpaired) electrons. The van der Waals surface area contributed by atoms with Gasteiger partial charge in [0.15, 0.2) is 0 Å². The molecule has 0 aliphatic heterocycles. The van der Waals surface area contributed by atoms with Crippen molar-refractivity contribution >= 4 is 34.5 Å². The van der Waals surface area contributed by atoms with Crippen LogP contribution in [0.3, 0.4) is 0 Å². The van der Waals surface area contributed by atoms with Gasteiger partial charge >= 0.3 is 0 Å². The Morgan fingerprint density at radius 3 is 2.74 bits per heavy atom. The molecule has 0 saturated heterocycles. The summed E-state index contributed by atoms with van der Waals surface area (Å²) in [6, 6.07) is 5.62. The third-order valence-corrected chi connectivity index (χ3v) is 4.10. The molecule has 2 atom stereocenters. The predicted molar refractivity (Wildman–Crippen MR) is 83.8 cm³/mol. The lowest BCUT2D eigenvalue weighted by Gasteiger charge is -2.23. The number of halogens is 1. The number of rotatable bonds is 3. The molecule has 1 saturated carbocycles. The molecule has 4 N–H and O–H groups in total. The van der Waals surface area contributed by atoms with Crippen LogP contribution in [0.5, 0.6) is 0 Å². The second kappa shape index (κ2) is 6.55. The molecule has 3 nitrogen and oxygen atoms in total. The van der Waals surface area contributed by atoms with Crippen LogP contribution in [-0.2, 0) is 0 Å². The molecule has 1 fully saturated rings. The van der Waals surface area contributed by atoms with Gasteiger partial charge in [-0.3, -0.25) is 0 Å². The van der Waals surface area contributed by atoms with Gasteiger partial charge in [0, 0.05) is 11.3 Å². The molecule has 0 spiro atoms. The first-order chi connectivity index (χ1) is 9.08. The Bertz CT molecular complexity index is 467. The summed E-state index contributed by atoms with van der Waals surface area (Å²) in [7, 11) is 0. The smallest absolute Gasteiger partial charge is 0.105 e. The Hall–Kier alpha value is -0.840. The molecule has 0 amide bonds. The van der Waals surface area contributed by atoms with E-state index in [1.807, 2.05) is 18.2 Å². The van der Waals surface area contributed by atoms with E-state index in [4.69, 9.17) is 29.6 Å². The molecule has 1 aromatic rings. The summed E-state index contributed by atoms with van der Waals surface area (Å²) in [5.74, 6) is 0. The number of nitrogens with one attached hydrogen (secondary N) is 1. The molecule has 1 aliphatic carbocycles. The maximum Gasteiger partial charge on any atom is 0.105 e. The first-order valence-corrected chi connectivity index (χ1v) is 7.40. The summed E-state index contributed by atoms with van der Waals surface area (Å²) in [5, 5.41) is 14.0. The van der Waals surface area contributed by atoms with Crippen LogP contribution in [0, 0.1) is 0 Å². The zero-order valence-electron chi connectivity index (χ0n) is 10.7. The molecule has 104 valence electrons. The van der Waals surface area contributed by atoms with Crippen molar-refractivity contribution in [2.75, 3.05) is 5.32 Å². The summed E-state index contributed by atoms with van der Waals surface area (Å²) in [6.07, 6.45) is 4.98. The monoisotopic (exact) mass is 298 g/mol. The summed E-state index contributed by atoms with van der Waals surface area (Å²) in [5.41, 5.74) is 7.16. The summed E-state index contributed by atoms with van der Waals surface area (Å²) in [4.78, 5) is 0.297. The Labute approximate surface area is 124 Å². The maximum atomic E-state index is 10.1. The van der Waals surface area contributed by atoms with Crippen molar-refractivity contribution in [3.63, 3.8) is 0 Å². The van der Waals surface area contributed by atoms with Crippen molar-refractivity contribution in [3.05, 3.63) is 28.8 Å². The first kappa shape index (κ1) is 14.6. The molecule has 5 heteroatoms. The highest BCUT2D eigenvalue weighted by molar-refractivity contribution is 7.80. The lowest BCUT2D eigenvalue weighted by Crippen LogP contribution is -2.32. The van der Waals surface area contributed by atoms with Crippen LogP contribution in [0.2, 0.25) is 5.02 Å². The van der Waals surface area contributed by atoms with Crippen LogP contribution in [0.15, 0.2) is 18.2 Å². The zero-order valence-corrected chi connectivity index (χ0v) is 12.3. The van der Waals surface area contributed by atoms with E-state index < -0.39 is 0 Å². The number of hydrogen-bond donors (Lipinski definition) is 3. The van der Waals surface area contributed by atoms with E-state index in [0.717, 1.165) is 31.4 Å². The van der Waals surface area contributed by atoms with Gasteiger partial charge in [-0.05, 0) is 31.0 Å². The first-order valence-electron chi connectivity index (χ1n) is 6.62. The highest BCUT2D eigenvalue weighted by Crippen LogP contribution is 2.25. The second-order valence-corrected chi connectivity index (χ2v) is 5.86. The van der Waals surface area contributed by atoms with Crippen molar-refractivity contribution < 1.29 is 5.11 Å². The van der Waals surface area contributed by atoms with Crippen molar-refractivity contribution in [2.45, 2.75) is 44.2 Å². The van der Waals surface area contributed by atoms with Crippen molar-refractivity contribution in [2.24, 2.45) is 5.73 Å². The van der Waals surface area contributed by atoms with Crippen LogP contribution < -0.4 is 11.1 Å². The van der Waals surface area contributed by atoms with Crippen LogP contribution in [0.1, 0.15) is 37.7 Å². The predicted octanol–water partition coefficient (Wildman–Crippen LogP) is 3.08. The van der Waals surface area contributed by atoms with Gasteiger partial charge in [0.1, 0.15) is 4.99 Å². The maximum absolute atomic E-state index is 10.1. The molecule has 2 rings (SSSR count). The van der Waals surface area contributed by atoms with E-state index in [1.54, 1.807) is 0 Å². The minimum absolute atomic E-state index is 0.0919. The highest BCUT2D eigenvalue weighted by atomic mass is 35.5. The fraction of sp³-hybridized carbons (Fsp3) is 0.500. The second-order valence-electron chi connectivity index (χ2n) is 5.02. The van der Waals surface area contributed by atoms with E-state index >= 15 is 0 Å². The van der Waals surface area contributed by atoms with Gasteiger partial charge in [-0.25, -0.2) is 0 Å². The van der Waals surface area contributed by atoms with E-state index in [0.29, 0.717) is 15.6 Å². The lowest BCUT2D eigenvalue weighted by atomic mass is 10.1. The van der Waals surface area contributed by atoms with E-state index in [2.05, 4.69) is 5.32 Å². The lowest BCUT2D eigenvalue weighted by molar-refractivity contribution is 0.144. The Balaban J connectivity index is 2.10. The molecule has 19 heavy (non-hydrogen) atoms. The minimum Gasteiger partial charge on any atom is -0.391 e. The van der Waals surface area contributed by atoms with Gasteiger partial charge in [-0.1, -0.05) is 43.1 Å². The molecule has 1 aromatic carbocycles. The average Bonchev–Trinajstić information content (AvgIpc) is 2.55. The SMILES string of the molecule is NC(=S)c1ccc(NC2CCCCCC2O)cc1Cl. The number of benzene rings is 1. The largest absolute Gasteiger partial charge is 0.391 e. The van der Waals surface area contributed by atoms with E-state index in [-0.39, 0.29) is 12.1 Å². The standard InChI is InChI=1S/C14H19ClN2OS/c15-11-8-9(6-7-10(11)14(16)19)17-12-4-2-1-3-5-13(12)18/h6-8,12-13,17-18H,1-5H2,(H2,16,19). The fourth-order valence-electron chi connectivity index (χ4n) is 2.48. The highest BCUT2D eigenvalue weighted by Gasteiger charge is 2.21. The summed E-state index contributed by atoms with van der Waals surface area (Å²) < 4.78 is 0. The normalized spacial score (nSPS) is 23.7. The molecule has 1 aliphatic rings. The zero-order chi connectivity index (χ0) is 13.8. The van der Waals surface area contributed by atoms with Crippen molar-refractivity contribution in [3.8, 4) is 0 Å². The molecule has 0 bridgehead atoms. The van der Waals surface area contributed by atoms with Gasteiger partial charge in [0.25, 0.3) is 0 Å². The number of nitrogens with two attached hydrogens (primary N) is 1. The molecule has 2 unspecified atom stereocenters. The van der Waals surface area contributed by atoms with E-state index in [1.165, 1.54) is 6.42 Å². The summed E-state index contributed by atoms with van der Waals surface area (Å²) >= 11 is 11.1. The van der Waals surface area contributed by atoms with Gasteiger partial charge in [0.05, 0.1) is 17.2 Å². The molecular formula is C14H19ClN2OS. The number of aliphatic hydroxyl groups is 1. The van der Waals surface area contributed by atoms with Crippen LogP contribution in [0.4, 0.5) is 5.69 Å². The number of aliphatic hydroxyl groups excluding tert-OH is 1. The van der Waals surface area contributed by atoms with Gasteiger partial charge in [-0.2, -0.15) is 0 Å². The third kappa shape index (κ3) is 3.81. The Morgan fingerprint density at radius 2 is 2.05 bits per heavy atom. The molecular weight excluding hydrogens is 280 g/mol. The fourth-order valence-corrected chi connectivity index (χ4v) is 2.99. The number of hydrogen-bond acceptors (Lipinski definition) is 3. The molecule has 0 aromatic heterocycles. The number of anilines is 1. The van der Waals surface area contributed by atoms with Gasteiger partial charge < -0.3 is 16.2 Å². The van der Waals surface area contributed by atoms with Gasteiger partial charge in [-0.15, -0.1) is 0 Å². The van der Waals surface area contributed by atoms with Crippen molar-refractivity contribution in [1.82, 2.24) is 0 Å². The van der Waals surface area contributed by atoms with E-state index in [9.17, 15) is 5.11 Å². The Morgan fingerprint density at radius 1 is 1.32 bits per heavy atom. The number of thiocarbonyl (C=S) groups is 1. The minimum atomic E-state index is -0.295.